The molecule has 1 N–H and O–H groups in total. The van der Waals surface area contributed by atoms with Crippen LogP contribution >= 0.6 is 11.6 Å². The number of para-hydroxylation sites is 1. The zero-order valence-electron chi connectivity index (χ0n) is 9.69. The van der Waals surface area contributed by atoms with Crippen molar-refractivity contribution in [2.45, 2.75) is 0 Å². The van der Waals surface area contributed by atoms with E-state index in [4.69, 9.17) is 11.6 Å². The Bertz CT molecular complexity index is 575. The van der Waals surface area contributed by atoms with Crippen LogP contribution in [-0.4, -0.2) is 5.91 Å². The highest BCUT2D eigenvalue weighted by Crippen LogP contribution is 2.17. The number of anilines is 1. The summed E-state index contributed by atoms with van der Waals surface area (Å²) in [5.74, 6) is -0.166. The number of benzene rings is 2. The second kappa shape index (κ2) is 5.52. The van der Waals surface area contributed by atoms with Crippen LogP contribution in [0.4, 0.5) is 5.69 Å². The van der Waals surface area contributed by atoms with Gasteiger partial charge < -0.3 is 5.32 Å². The van der Waals surface area contributed by atoms with Gasteiger partial charge in [-0.25, -0.2) is 0 Å². The standard InChI is InChI=1S/C15H12ClNO/c1-2-11-5-3-4-6-14(11)17-15(18)12-7-9-13(16)10-8-12/h2-10H,1H2,(H,17,18). The average molecular weight is 258 g/mol. The first-order valence-corrected chi connectivity index (χ1v) is 5.87. The minimum atomic E-state index is -0.166. The number of halogens is 1. The first-order chi connectivity index (χ1) is 8.70. The van der Waals surface area contributed by atoms with Crippen LogP contribution < -0.4 is 5.32 Å². The highest BCUT2D eigenvalue weighted by atomic mass is 35.5. The molecular formula is C15H12ClNO. The summed E-state index contributed by atoms with van der Waals surface area (Å²) < 4.78 is 0. The maximum absolute atomic E-state index is 12.0. The molecule has 0 saturated carbocycles. The second-order valence-electron chi connectivity index (χ2n) is 3.75. The summed E-state index contributed by atoms with van der Waals surface area (Å²) >= 11 is 5.78. The van der Waals surface area contributed by atoms with Crippen LogP contribution in [0.1, 0.15) is 15.9 Å². The van der Waals surface area contributed by atoms with Gasteiger partial charge in [0.05, 0.1) is 0 Å². The van der Waals surface area contributed by atoms with Gasteiger partial charge in [0, 0.05) is 16.3 Å². The molecule has 0 spiro atoms. The molecule has 3 heteroatoms. The maximum Gasteiger partial charge on any atom is 0.255 e. The zero-order valence-corrected chi connectivity index (χ0v) is 10.4. The van der Waals surface area contributed by atoms with Crippen molar-refractivity contribution in [3.05, 3.63) is 71.3 Å². The molecular weight excluding hydrogens is 246 g/mol. The largest absolute Gasteiger partial charge is 0.321 e. The Balaban J connectivity index is 2.21. The number of hydrogen-bond donors (Lipinski definition) is 1. The Hall–Kier alpha value is -2.06. The van der Waals surface area contributed by atoms with E-state index < -0.39 is 0 Å². The van der Waals surface area contributed by atoms with Gasteiger partial charge in [-0.2, -0.15) is 0 Å². The number of carbonyl (C=O) groups is 1. The van der Waals surface area contributed by atoms with Crippen molar-refractivity contribution in [1.82, 2.24) is 0 Å². The van der Waals surface area contributed by atoms with Crippen LogP contribution in [0.25, 0.3) is 6.08 Å². The lowest BCUT2D eigenvalue weighted by Gasteiger charge is -2.08. The van der Waals surface area contributed by atoms with Crippen LogP contribution in [-0.2, 0) is 0 Å². The van der Waals surface area contributed by atoms with E-state index in [1.165, 1.54) is 0 Å². The third-order valence-corrected chi connectivity index (χ3v) is 2.79. The molecule has 2 aromatic carbocycles. The zero-order chi connectivity index (χ0) is 13.0. The molecule has 2 rings (SSSR count). The number of amides is 1. The molecule has 0 unspecified atom stereocenters. The SMILES string of the molecule is C=Cc1ccccc1NC(=O)c1ccc(Cl)cc1. The molecule has 0 atom stereocenters. The van der Waals surface area contributed by atoms with Gasteiger partial charge in [-0.3, -0.25) is 4.79 Å². The predicted octanol–water partition coefficient (Wildman–Crippen LogP) is 4.24. The molecule has 0 saturated heterocycles. The number of nitrogens with one attached hydrogen (secondary N) is 1. The Kier molecular flexibility index (Phi) is 3.80. The van der Waals surface area contributed by atoms with E-state index in [-0.39, 0.29) is 5.91 Å². The molecule has 2 nitrogen and oxygen atoms in total. The van der Waals surface area contributed by atoms with Gasteiger partial charge in [0.25, 0.3) is 5.91 Å². The first-order valence-electron chi connectivity index (χ1n) is 5.49. The van der Waals surface area contributed by atoms with Gasteiger partial charge in [0.1, 0.15) is 0 Å². The molecule has 0 aliphatic rings. The molecule has 0 radical (unpaired) electrons. The summed E-state index contributed by atoms with van der Waals surface area (Å²) in [4.78, 5) is 12.0. The van der Waals surface area contributed by atoms with E-state index >= 15 is 0 Å². The van der Waals surface area contributed by atoms with Crippen LogP contribution in [0.15, 0.2) is 55.1 Å². The van der Waals surface area contributed by atoms with Crippen molar-refractivity contribution < 1.29 is 4.79 Å². The van der Waals surface area contributed by atoms with E-state index in [1.807, 2.05) is 24.3 Å². The van der Waals surface area contributed by atoms with Crippen LogP contribution in [0.5, 0.6) is 0 Å². The minimum absolute atomic E-state index is 0.166. The predicted molar refractivity (Wildman–Crippen MR) is 75.9 cm³/mol. The highest BCUT2D eigenvalue weighted by molar-refractivity contribution is 6.30. The average Bonchev–Trinajstić information content (AvgIpc) is 2.40. The first kappa shape index (κ1) is 12.4. The van der Waals surface area contributed by atoms with Crippen LogP contribution in [0, 0.1) is 0 Å². The van der Waals surface area contributed by atoms with E-state index in [0.717, 1.165) is 11.3 Å². The number of rotatable bonds is 3. The van der Waals surface area contributed by atoms with Crippen molar-refractivity contribution in [2.24, 2.45) is 0 Å². The van der Waals surface area contributed by atoms with Crippen molar-refractivity contribution in [3.63, 3.8) is 0 Å². The highest BCUT2D eigenvalue weighted by Gasteiger charge is 2.07. The monoisotopic (exact) mass is 257 g/mol. The number of carbonyl (C=O) groups excluding carboxylic acids is 1. The van der Waals surface area contributed by atoms with E-state index in [0.29, 0.717) is 10.6 Å². The van der Waals surface area contributed by atoms with Crippen LogP contribution in [0.2, 0.25) is 5.02 Å². The smallest absolute Gasteiger partial charge is 0.255 e. The van der Waals surface area contributed by atoms with Gasteiger partial charge >= 0.3 is 0 Å². The van der Waals surface area contributed by atoms with E-state index in [1.54, 1.807) is 30.3 Å². The van der Waals surface area contributed by atoms with Crippen molar-refractivity contribution in [2.75, 3.05) is 5.32 Å². The molecule has 18 heavy (non-hydrogen) atoms. The Morgan fingerprint density at radius 1 is 1.11 bits per heavy atom. The fourth-order valence-electron chi connectivity index (χ4n) is 1.58. The molecule has 0 aliphatic heterocycles. The third-order valence-electron chi connectivity index (χ3n) is 2.54. The number of hydrogen-bond acceptors (Lipinski definition) is 1. The molecule has 90 valence electrons. The van der Waals surface area contributed by atoms with Crippen molar-refractivity contribution in [1.29, 1.82) is 0 Å². The summed E-state index contributed by atoms with van der Waals surface area (Å²) in [7, 11) is 0. The quantitative estimate of drug-likeness (QED) is 0.876. The van der Waals surface area contributed by atoms with E-state index in [9.17, 15) is 4.79 Å². The molecule has 2 aromatic rings. The summed E-state index contributed by atoms with van der Waals surface area (Å²) in [6.07, 6.45) is 1.71. The maximum atomic E-state index is 12.0. The van der Waals surface area contributed by atoms with Crippen LogP contribution in [0.3, 0.4) is 0 Å². The summed E-state index contributed by atoms with van der Waals surface area (Å²) in [5, 5.41) is 3.45. The molecule has 0 aliphatic carbocycles. The summed E-state index contributed by atoms with van der Waals surface area (Å²) in [6.45, 7) is 3.71. The molecule has 0 heterocycles. The van der Waals surface area contributed by atoms with Crippen molar-refractivity contribution in [3.8, 4) is 0 Å². The van der Waals surface area contributed by atoms with Gasteiger partial charge in [-0.05, 0) is 35.9 Å². The lowest BCUT2D eigenvalue weighted by atomic mass is 10.1. The molecule has 0 bridgehead atoms. The minimum Gasteiger partial charge on any atom is -0.321 e. The van der Waals surface area contributed by atoms with Gasteiger partial charge in [0.2, 0.25) is 0 Å². The van der Waals surface area contributed by atoms with Gasteiger partial charge in [-0.15, -0.1) is 0 Å². The Morgan fingerprint density at radius 3 is 2.44 bits per heavy atom. The third kappa shape index (κ3) is 2.79. The van der Waals surface area contributed by atoms with Gasteiger partial charge in [0.15, 0.2) is 0 Å². The normalized spacial score (nSPS) is 9.83. The fraction of sp³-hybridized carbons (Fsp3) is 0. The van der Waals surface area contributed by atoms with E-state index in [2.05, 4.69) is 11.9 Å². The van der Waals surface area contributed by atoms with Crippen molar-refractivity contribution >= 4 is 29.3 Å². The lowest BCUT2D eigenvalue weighted by Crippen LogP contribution is -2.12. The Labute approximate surface area is 111 Å². The fourth-order valence-corrected chi connectivity index (χ4v) is 1.71. The topological polar surface area (TPSA) is 29.1 Å². The summed E-state index contributed by atoms with van der Waals surface area (Å²) in [6, 6.07) is 14.3. The molecule has 1 amide bonds. The molecule has 0 aromatic heterocycles. The Morgan fingerprint density at radius 2 is 1.78 bits per heavy atom. The lowest BCUT2D eigenvalue weighted by molar-refractivity contribution is 0.102. The molecule has 0 fully saturated rings. The second-order valence-corrected chi connectivity index (χ2v) is 4.19. The summed E-state index contributed by atoms with van der Waals surface area (Å²) in [5.41, 5.74) is 2.20. The van der Waals surface area contributed by atoms with Gasteiger partial charge in [-0.1, -0.05) is 42.5 Å².